The van der Waals surface area contributed by atoms with Gasteiger partial charge in [0.25, 0.3) is 0 Å². The standard InChI is InChI=1S/C11H10BrFN2S/c12-5-1-2-8(13)6(3-5)10-7-4-9(7)16-11(14)15-10/h1-3,7,9-10H,4H2,(H2,14,15). The van der Waals surface area contributed by atoms with Crippen molar-refractivity contribution < 1.29 is 4.39 Å². The van der Waals surface area contributed by atoms with Crippen LogP contribution in [0.5, 0.6) is 0 Å². The molecule has 16 heavy (non-hydrogen) atoms. The lowest BCUT2D eigenvalue weighted by atomic mass is 10.0. The highest BCUT2D eigenvalue weighted by Gasteiger charge is 2.48. The van der Waals surface area contributed by atoms with E-state index >= 15 is 0 Å². The molecule has 1 aliphatic carbocycles. The first-order valence-electron chi connectivity index (χ1n) is 5.10. The van der Waals surface area contributed by atoms with Crippen molar-refractivity contribution >= 4 is 32.9 Å². The fourth-order valence-corrected chi connectivity index (χ4v) is 3.62. The molecule has 0 bridgehead atoms. The third kappa shape index (κ3) is 1.76. The van der Waals surface area contributed by atoms with Crippen LogP contribution in [0.25, 0.3) is 0 Å². The normalized spacial score (nSPS) is 31.9. The van der Waals surface area contributed by atoms with E-state index in [0.717, 1.165) is 10.9 Å². The highest BCUT2D eigenvalue weighted by molar-refractivity contribution is 9.10. The number of nitrogens with two attached hydrogens (primary N) is 1. The maximum absolute atomic E-state index is 13.7. The first kappa shape index (κ1) is 10.6. The Morgan fingerprint density at radius 1 is 1.50 bits per heavy atom. The first-order chi connectivity index (χ1) is 7.65. The molecule has 2 N–H and O–H groups in total. The summed E-state index contributed by atoms with van der Waals surface area (Å²) in [5.74, 6) is 0.267. The molecular weight excluding hydrogens is 291 g/mol. The monoisotopic (exact) mass is 300 g/mol. The SMILES string of the molecule is NC1=NC(c2cc(Br)ccc2F)C2CC2S1. The number of hydrogen-bond donors (Lipinski definition) is 1. The predicted molar refractivity (Wildman–Crippen MR) is 67.9 cm³/mol. The zero-order valence-corrected chi connectivity index (χ0v) is 10.8. The maximum atomic E-state index is 13.7. The second-order valence-corrected chi connectivity index (χ2v) is 6.31. The largest absolute Gasteiger partial charge is 0.379 e. The van der Waals surface area contributed by atoms with Crippen molar-refractivity contribution in [1.29, 1.82) is 0 Å². The van der Waals surface area contributed by atoms with Gasteiger partial charge in [-0.05, 0) is 30.5 Å². The van der Waals surface area contributed by atoms with Crippen molar-refractivity contribution in [3.05, 3.63) is 34.1 Å². The molecule has 0 radical (unpaired) electrons. The highest BCUT2D eigenvalue weighted by atomic mass is 79.9. The van der Waals surface area contributed by atoms with Crippen LogP contribution in [-0.4, -0.2) is 10.4 Å². The van der Waals surface area contributed by atoms with Gasteiger partial charge in [0, 0.05) is 15.3 Å². The van der Waals surface area contributed by atoms with Crippen molar-refractivity contribution in [2.24, 2.45) is 16.6 Å². The molecule has 3 atom stereocenters. The van der Waals surface area contributed by atoms with Crippen LogP contribution in [0.2, 0.25) is 0 Å². The molecule has 1 aliphatic heterocycles. The molecule has 2 nitrogen and oxygen atoms in total. The molecule has 1 heterocycles. The Hall–Kier alpha value is -0.550. The van der Waals surface area contributed by atoms with Crippen LogP contribution in [0, 0.1) is 11.7 Å². The maximum Gasteiger partial charge on any atom is 0.154 e. The van der Waals surface area contributed by atoms with Crippen LogP contribution >= 0.6 is 27.7 Å². The van der Waals surface area contributed by atoms with Gasteiger partial charge in [0.05, 0.1) is 6.04 Å². The molecule has 3 rings (SSSR count). The topological polar surface area (TPSA) is 38.4 Å². The minimum absolute atomic E-state index is 0.0938. The number of aliphatic imine (C=N–C) groups is 1. The molecule has 0 aromatic heterocycles. The first-order valence-corrected chi connectivity index (χ1v) is 6.77. The molecule has 0 spiro atoms. The van der Waals surface area contributed by atoms with Crippen molar-refractivity contribution in [2.75, 3.05) is 0 Å². The Morgan fingerprint density at radius 3 is 3.12 bits per heavy atom. The second kappa shape index (κ2) is 3.74. The molecule has 1 saturated carbocycles. The summed E-state index contributed by atoms with van der Waals surface area (Å²) in [5, 5.41) is 1.13. The lowest BCUT2D eigenvalue weighted by Gasteiger charge is -2.18. The minimum atomic E-state index is -0.192. The van der Waals surface area contributed by atoms with E-state index in [0.29, 0.717) is 21.9 Å². The Balaban J connectivity index is 2.02. The molecule has 5 heteroatoms. The van der Waals surface area contributed by atoms with Gasteiger partial charge >= 0.3 is 0 Å². The third-order valence-corrected chi connectivity index (χ3v) is 4.68. The van der Waals surface area contributed by atoms with Gasteiger partial charge in [0.15, 0.2) is 5.17 Å². The van der Waals surface area contributed by atoms with Gasteiger partial charge in [-0.15, -0.1) is 0 Å². The lowest BCUT2D eigenvalue weighted by molar-refractivity contribution is 0.555. The van der Waals surface area contributed by atoms with Crippen molar-refractivity contribution in [3.63, 3.8) is 0 Å². The van der Waals surface area contributed by atoms with E-state index in [-0.39, 0.29) is 11.9 Å². The van der Waals surface area contributed by atoms with Crippen LogP contribution in [0.15, 0.2) is 27.7 Å². The van der Waals surface area contributed by atoms with Gasteiger partial charge in [0.1, 0.15) is 5.82 Å². The molecular formula is C11H10BrFN2S. The fourth-order valence-electron chi connectivity index (χ4n) is 2.12. The predicted octanol–water partition coefficient (Wildman–Crippen LogP) is 3.08. The Labute approximate surface area is 106 Å². The van der Waals surface area contributed by atoms with Crippen LogP contribution in [0.4, 0.5) is 4.39 Å². The second-order valence-electron chi connectivity index (χ2n) is 4.13. The molecule has 1 aromatic rings. The number of nitrogens with zero attached hydrogens (tertiary/aromatic N) is 1. The zero-order valence-electron chi connectivity index (χ0n) is 8.36. The van der Waals surface area contributed by atoms with E-state index in [4.69, 9.17) is 5.73 Å². The van der Waals surface area contributed by atoms with E-state index in [1.807, 2.05) is 6.07 Å². The lowest BCUT2D eigenvalue weighted by Crippen LogP contribution is -2.17. The van der Waals surface area contributed by atoms with Gasteiger partial charge in [0.2, 0.25) is 0 Å². The third-order valence-electron chi connectivity index (χ3n) is 3.00. The Bertz CT molecular complexity index is 477. The quantitative estimate of drug-likeness (QED) is 0.865. The number of rotatable bonds is 1. The van der Waals surface area contributed by atoms with Gasteiger partial charge in [-0.25, -0.2) is 4.39 Å². The van der Waals surface area contributed by atoms with Crippen molar-refractivity contribution in [1.82, 2.24) is 0 Å². The van der Waals surface area contributed by atoms with Crippen LogP contribution in [-0.2, 0) is 0 Å². The molecule has 0 saturated heterocycles. The van der Waals surface area contributed by atoms with E-state index in [1.54, 1.807) is 17.8 Å². The summed E-state index contributed by atoms with van der Waals surface area (Å²) in [6.45, 7) is 0. The van der Waals surface area contributed by atoms with E-state index < -0.39 is 0 Å². The fraction of sp³-hybridized carbons (Fsp3) is 0.364. The molecule has 3 unspecified atom stereocenters. The summed E-state index contributed by atoms with van der Waals surface area (Å²) in [6.07, 6.45) is 1.09. The average Bonchev–Trinajstić information content (AvgIpc) is 2.99. The van der Waals surface area contributed by atoms with Crippen LogP contribution < -0.4 is 5.73 Å². The van der Waals surface area contributed by atoms with Crippen LogP contribution in [0.3, 0.4) is 0 Å². The molecule has 0 amide bonds. The van der Waals surface area contributed by atoms with Crippen molar-refractivity contribution in [2.45, 2.75) is 17.7 Å². The molecule has 1 aromatic carbocycles. The van der Waals surface area contributed by atoms with Gasteiger partial charge in [-0.3, -0.25) is 4.99 Å². The summed E-state index contributed by atoms with van der Waals surface area (Å²) in [7, 11) is 0. The smallest absolute Gasteiger partial charge is 0.154 e. The number of benzene rings is 1. The summed E-state index contributed by atoms with van der Waals surface area (Å²) in [4.78, 5) is 4.37. The highest BCUT2D eigenvalue weighted by Crippen LogP contribution is 2.54. The minimum Gasteiger partial charge on any atom is -0.379 e. The van der Waals surface area contributed by atoms with Gasteiger partial charge in [-0.1, -0.05) is 27.7 Å². The Kier molecular flexibility index (Phi) is 2.47. The number of thioether (sulfide) groups is 1. The average molecular weight is 301 g/mol. The molecule has 2 aliphatic rings. The van der Waals surface area contributed by atoms with Crippen molar-refractivity contribution in [3.8, 4) is 0 Å². The van der Waals surface area contributed by atoms with E-state index in [9.17, 15) is 4.39 Å². The number of amidine groups is 1. The van der Waals surface area contributed by atoms with Gasteiger partial charge in [-0.2, -0.15) is 0 Å². The zero-order chi connectivity index (χ0) is 11.3. The number of hydrogen-bond acceptors (Lipinski definition) is 3. The number of halogens is 2. The summed E-state index contributed by atoms with van der Waals surface area (Å²) >= 11 is 4.98. The van der Waals surface area contributed by atoms with E-state index in [1.165, 1.54) is 6.07 Å². The van der Waals surface area contributed by atoms with Gasteiger partial charge < -0.3 is 5.73 Å². The summed E-state index contributed by atoms with van der Waals surface area (Å²) in [6, 6.07) is 4.89. The summed E-state index contributed by atoms with van der Waals surface area (Å²) in [5.41, 5.74) is 6.40. The number of fused-ring (bicyclic) bond motifs is 1. The van der Waals surface area contributed by atoms with Crippen LogP contribution in [0.1, 0.15) is 18.0 Å². The Morgan fingerprint density at radius 2 is 2.31 bits per heavy atom. The summed E-state index contributed by atoms with van der Waals surface area (Å²) < 4.78 is 14.6. The molecule has 84 valence electrons. The molecule has 1 fully saturated rings. The van der Waals surface area contributed by atoms with E-state index in [2.05, 4.69) is 20.9 Å².